The van der Waals surface area contributed by atoms with E-state index in [4.69, 9.17) is 15.2 Å². The third kappa shape index (κ3) is 6.60. The monoisotopic (exact) mass is 503 g/mol. The number of anilines is 5. The fourth-order valence-electron chi connectivity index (χ4n) is 2.93. The molecule has 1 amide bonds. The van der Waals surface area contributed by atoms with E-state index in [0.717, 1.165) is 6.08 Å². The number of nitrogens with two attached hydrogens (primary N) is 1. The molecule has 0 aliphatic carbocycles. The Bertz CT molecular complexity index is 1250. The number of nitrogens with zero attached hydrogens (tertiary/aromatic N) is 3. The molecule has 190 valence electrons. The van der Waals surface area contributed by atoms with Crippen LogP contribution in [0, 0.1) is 6.92 Å². The van der Waals surface area contributed by atoms with Gasteiger partial charge in [0.25, 0.3) is 0 Å². The van der Waals surface area contributed by atoms with Crippen molar-refractivity contribution in [2.45, 2.75) is 13.1 Å². The summed E-state index contributed by atoms with van der Waals surface area (Å²) in [5, 5.41) is 8.06. The molecule has 36 heavy (non-hydrogen) atoms. The summed E-state index contributed by atoms with van der Waals surface area (Å²) in [6.07, 6.45) is -1.54. The number of hydrogen-bond donors (Lipinski definition) is 4. The van der Waals surface area contributed by atoms with E-state index >= 15 is 0 Å². The van der Waals surface area contributed by atoms with E-state index in [1.54, 1.807) is 13.0 Å². The van der Waals surface area contributed by atoms with Crippen molar-refractivity contribution in [3.05, 3.63) is 60.4 Å². The van der Waals surface area contributed by atoms with E-state index in [0.29, 0.717) is 29.1 Å². The Morgan fingerprint density at radius 3 is 2.58 bits per heavy atom. The van der Waals surface area contributed by atoms with E-state index in [2.05, 4.69) is 37.5 Å². The first-order valence-corrected chi connectivity index (χ1v) is 10.5. The summed E-state index contributed by atoms with van der Waals surface area (Å²) in [6.45, 7) is 5.60. The predicted octanol–water partition coefficient (Wildman–Crippen LogP) is 4.16. The molecule has 10 nitrogen and oxygen atoms in total. The number of aryl methyl sites for hydroxylation is 1. The van der Waals surface area contributed by atoms with Crippen LogP contribution in [-0.4, -0.2) is 41.1 Å². The average molecular weight is 503 g/mol. The largest absolute Gasteiger partial charge is 0.492 e. The number of benzene rings is 1. The third-order valence-electron chi connectivity index (χ3n) is 4.70. The summed E-state index contributed by atoms with van der Waals surface area (Å²) in [7, 11) is 1.44. The van der Waals surface area contributed by atoms with Crippen LogP contribution in [0.1, 0.15) is 11.1 Å². The second-order valence-corrected chi connectivity index (χ2v) is 7.28. The molecule has 13 heteroatoms. The molecule has 1 aromatic carbocycles. The molecular formula is C23H24F3N7O3. The van der Waals surface area contributed by atoms with Crippen molar-refractivity contribution in [1.29, 1.82) is 0 Å². The fourth-order valence-corrected chi connectivity index (χ4v) is 2.93. The summed E-state index contributed by atoms with van der Waals surface area (Å²) >= 11 is 0. The topological polar surface area (TPSA) is 136 Å². The highest BCUT2D eigenvalue weighted by atomic mass is 19.4. The van der Waals surface area contributed by atoms with Gasteiger partial charge in [-0.25, -0.2) is 9.97 Å². The maximum absolute atomic E-state index is 13.8. The molecule has 0 aliphatic rings. The molecule has 2 aromatic heterocycles. The molecule has 0 saturated carbocycles. The Balaban J connectivity index is 2.02. The minimum atomic E-state index is -4.76. The Kier molecular flexibility index (Phi) is 8.27. The van der Waals surface area contributed by atoms with Crippen molar-refractivity contribution in [2.75, 3.05) is 36.2 Å². The normalized spacial score (nSPS) is 10.9. The lowest BCUT2D eigenvalue weighted by Gasteiger charge is -2.18. The molecule has 3 aromatic rings. The lowest BCUT2D eigenvalue weighted by molar-refractivity contribution is -0.137. The molecule has 0 bridgehead atoms. The van der Waals surface area contributed by atoms with Gasteiger partial charge >= 0.3 is 6.18 Å². The number of rotatable bonds is 10. The van der Waals surface area contributed by atoms with Crippen molar-refractivity contribution in [1.82, 2.24) is 15.0 Å². The Hall–Kier alpha value is -4.39. The van der Waals surface area contributed by atoms with Gasteiger partial charge in [0.15, 0.2) is 0 Å². The Labute approximate surface area is 204 Å². The number of carbonyl (C=O) groups is 1. The number of hydrogen-bond acceptors (Lipinski definition) is 9. The molecule has 0 unspecified atom stereocenters. The summed E-state index contributed by atoms with van der Waals surface area (Å²) in [5.74, 6) is -0.566. The van der Waals surface area contributed by atoms with E-state index in [9.17, 15) is 18.0 Å². The quantitative estimate of drug-likeness (QED) is 0.301. The Morgan fingerprint density at radius 2 is 1.92 bits per heavy atom. The molecule has 0 atom stereocenters. The lowest BCUT2D eigenvalue weighted by Crippen LogP contribution is -2.15. The molecule has 0 saturated heterocycles. The van der Waals surface area contributed by atoms with Crippen molar-refractivity contribution in [3.8, 4) is 11.6 Å². The molecular weight excluding hydrogens is 479 g/mol. The maximum Gasteiger partial charge on any atom is 0.421 e. The summed E-state index contributed by atoms with van der Waals surface area (Å²) in [4.78, 5) is 23.8. The number of carbonyl (C=O) groups excluding carboxylic acids is 1. The molecule has 0 spiro atoms. The van der Waals surface area contributed by atoms with E-state index in [1.165, 1.54) is 31.5 Å². The van der Waals surface area contributed by atoms with Crippen LogP contribution >= 0.6 is 0 Å². The van der Waals surface area contributed by atoms with Crippen molar-refractivity contribution >= 4 is 34.7 Å². The standard InChI is InChI=1S/C23H24F3N7O3/c1-4-19(34)30-18-9-14(36-8-7-27)5-6-16(18)31-21-15(23(24,25)26)12-29-22(33-21)32-17-10-20(35-3)28-11-13(17)2/h4-6,9-12H,1,7-8,27H2,2-3H3,(H,30,34)(H2,28,29,31,32,33). The fraction of sp³-hybridized carbons (Fsp3) is 0.217. The van der Waals surface area contributed by atoms with Crippen LogP contribution < -0.4 is 31.2 Å². The van der Waals surface area contributed by atoms with Gasteiger partial charge < -0.3 is 31.2 Å². The smallest absolute Gasteiger partial charge is 0.421 e. The highest BCUT2D eigenvalue weighted by Gasteiger charge is 2.35. The third-order valence-corrected chi connectivity index (χ3v) is 4.70. The summed E-state index contributed by atoms with van der Waals surface area (Å²) in [5.41, 5.74) is 5.79. The SMILES string of the molecule is C=CC(=O)Nc1cc(OCCN)ccc1Nc1nc(Nc2cc(OC)ncc2C)ncc1C(F)(F)F. The van der Waals surface area contributed by atoms with Crippen LogP contribution in [0.5, 0.6) is 11.6 Å². The predicted molar refractivity (Wildman–Crippen MR) is 129 cm³/mol. The van der Waals surface area contributed by atoms with Crippen LogP contribution in [0.3, 0.4) is 0 Å². The first kappa shape index (κ1) is 26.2. The number of aromatic nitrogens is 3. The molecule has 3 rings (SSSR count). The van der Waals surface area contributed by atoms with Gasteiger partial charge in [0.2, 0.25) is 17.7 Å². The summed E-state index contributed by atoms with van der Waals surface area (Å²) in [6, 6.07) is 5.96. The zero-order chi connectivity index (χ0) is 26.3. The number of methoxy groups -OCH3 is 1. The number of ether oxygens (including phenoxy) is 2. The molecule has 0 radical (unpaired) electrons. The number of halogens is 3. The van der Waals surface area contributed by atoms with Crippen LogP contribution in [0.2, 0.25) is 0 Å². The Morgan fingerprint density at radius 1 is 1.14 bits per heavy atom. The highest BCUT2D eigenvalue weighted by Crippen LogP contribution is 2.37. The van der Waals surface area contributed by atoms with Crippen molar-refractivity contribution in [3.63, 3.8) is 0 Å². The molecule has 0 aliphatic heterocycles. The van der Waals surface area contributed by atoms with Gasteiger partial charge in [0.1, 0.15) is 23.7 Å². The zero-order valence-electron chi connectivity index (χ0n) is 19.4. The molecule has 5 N–H and O–H groups in total. The van der Waals surface area contributed by atoms with Crippen LogP contribution in [-0.2, 0) is 11.0 Å². The zero-order valence-corrected chi connectivity index (χ0v) is 19.4. The van der Waals surface area contributed by atoms with Gasteiger partial charge in [0, 0.05) is 31.1 Å². The molecule has 2 heterocycles. The molecule has 0 fully saturated rings. The van der Waals surface area contributed by atoms with Gasteiger partial charge in [0.05, 0.1) is 24.2 Å². The van der Waals surface area contributed by atoms with Crippen LogP contribution in [0.25, 0.3) is 0 Å². The maximum atomic E-state index is 13.8. The van der Waals surface area contributed by atoms with Crippen molar-refractivity contribution < 1.29 is 27.4 Å². The average Bonchev–Trinajstić information content (AvgIpc) is 2.84. The van der Waals surface area contributed by atoms with Crippen LogP contribution in [0.4, 0.5) is 42.0 Å². The van der Waals surface area contributed by atoms with E-state index < -0.39 is 23.5 Å². The van der Waals surface area contributed by atoms with E-state index in [1.807, 2.05) is 0 Å². The van der Waals surface area contributed by atoms with Gasteiger partial charge in [-0.3, -0.25) is 4.79 Å². The number of nitrogens with one attached hydrogen (secondary N) is 3. The number of alkyl halides is 3. The highest BCUT2D eigenvalue weighted by molar-refractivity contribution is 6.01. The number of amides is 1. The first-order chi connectivity index (χ1) is 17.1. The number of pyridine rings is 1. The van der Waals surface area contributed by atoms with Gasteiger partial charge in [-0.05, 0) is 30.7 Å². The summed E-state index contributed by atoms with van der Waals surface area (Å²) < 4.78 is 51.8. The second-order valence-electron chi connectivity index (χ2n) is 7.28. The lowest BCUT2D eigenvalue weighted by atomic mass is 10.2. The minimum Gasteiger partial charge on any atom is -0.492 e. The van der Waals surface area contributed by atoms with Crippen LogP contribution in [0.15, 0.2) is 49.3 Å². The minimum absolute atomic E-state index is 0.110. The first-order valence-electron chi connectivity index (χ1n) is 10.5. The van der Waals surface area contributed by atoms with Crippen molar-refractivity contribution in [2.24, 2.45) is 5.73 Å². The van der Waals surface area contributed by atoms with E-state index in [-0.39, 0.29) is 30.5 Å². The second kappa shape index (κ2) is 11.4. The van der Waals surface area contributed by atoms with Gasteiger partial charge in [-0.1, -0.05) is 6.58 Å². The van der Waals surface area contributed by atoms with Gasteiger partial charge in [-0.2, -0.15) is 18.2 Å². The van der Waals surface area contributed by atoms with Gasteiger partial charge in [-0.15, -0.1) is 0 Å².